The highest BCUT2D eigenvalue weighted by molar-refractivity contribution is 8.06. The molecule has 0 amide bonds. The Kier molecular flexibility index (Phi) is 3.67. The molecule has 2 N–H and O–H groups in total. The molecule has 0 bridgehead atoms. The van der Waals surface area contributed by atoms with Gasteiger partial charge >= 0.3 is 6.72 Å². The normalized spacial score (nSPS) is 40.5. The maximum absolute atomic E-state index is 9.02. The molecule has 4 unspecified atom stereocenters. The van der Waals surface area contributed by atoms with Gasteiger partial charge in [-0.25, -0.2) is 0 Å². The van der Waals surface area contributed by atoms with Gasteiger partial charge in [-0.3, -0.25) is 0 Å². The Hall–Kier alpha value is 0.410. The second-order valence-electron chi connectivity index (χ2n) is 4.73. The van der Waals surface area contributed by atoms with Crippen LogP contribution in [0, 0.1) is 0 Å². The third-order valence-electron chi connectivity index (χ3n) is 2.79. The Morgan fingerprint density at radius 1 is 1.29 bits per heavy atom. The second-order valence-corrected chi connectivity index (χ2v) is 7.40. The van der Waals surface area contributed by atoms with Crippen LogP contribution in [0.3, 0.4) is 0 Å². The van der Waals surface area contributed by atoms with Crippen molar-refractivity contribution < 1.29 is 28.5 Å². The van der Waals surface area contributed by atoms with E-state index in [2.05, 4.69) is 11.8 Å². The fraction of sp³-hybridized carbons (Fsp3) is 1.00. The lowest BCUT2D eigenvalue weighted by atomic mass is 10.1. The Labute approximate surface area is 105 Å². The first-order valence-electron chi connectivity index (χ1n) is 5.39. The molecule has 8 heteroatoms. The summed E-state index contributed by atoms with van der Waals surface area (Å²) in [6.45, 7) is 1.89. The van der Waals surface area contributed by atoms with Gasteiger partial charge in [-0.1, -0.05) is 0 Å². The van der Waals surface area contributed by atoms with E-state index in [4.69, 9.17) is 28.5 Å². The quantitative estimate of drug-likeness (QED) is 0.731. The Morgan fingerprint density at radius 3 is 2.47 bits per heavy atom. The first-order valence-corrected chi connectivity index (χ1v) is 8.02. The van der Waals surface area contributed by atoms with Gasteiger partial charge in [0.1, 0.15) is 18.3 Å². The summed E-state index contributed by atoms with van der Waals surface area (Å²) in [5.74, 6) is -0.649. The number of fused-ring (bicyclic) bond motifs is 1. The maximum Gasteiger partial charge on any atom is 0.321 e. The van der Waals surface area contributed by atoms with Crippen molar-refractivity contribution in [3.8, 4) is 0 Å². The third-order valence-corrected chi connectivity index (χ3v) is 3.59. The van der Waals surface area contributed by atoms with E-state index in [1.165, 1.54) is 0 Å². The molecule has 2 heterocycles. The summed E-state index contributed by atoms with van der Waals surface area (Å²) < 4.78 is 21.8. The average Bonchev–Trinajstić information content (AvgIpc) is 2.58. The maximum atomic E-state index is 9.02. The molecule has 0 aromatic carbocycles. The van der Waals surface area contributed by atoms with Crippen LogP contribution in [0.1, 0.15) is 20.8 Å². The standard InChI is InChI=1S/C9H17O6PS/c1-5-7-8(15-9(2,3)14-7)6(13-5)4-12-16(10,11)17/h5-8H,4H2,1-3H3,(H2,10,11,17). The summed E-state index contributed by atoms with van der Waals surface area (Å²) >= 11 is 4.39. The van der Waals surface area contributed by atoms with Crippen LogP contribution < -0.4 is 0 Å². The summed E-state index contributed by atoms with van der Waals surface area (Å²) in [6, 6.07) is 0. The monoisotopic (exact) mass is 284 g/mol. The van der Waals surface area contributed by atoms with Gasteiger partial charge in [0.05, 0.1) is 12.7 Å². The molecular formula is C9H17O6PS. The van der Waals surface area contributed by atoms with Crippen LogP contribution in [0.2, 0.25) is 0 Å². The van der Waals surface area contributed by atoms with Crippen molar-refractivity contribution >= 4 is 18.5 Å². The lowest BCUT2D eigenvalue weighted by Gasteiger charge is -2.23. The van der Waals surface area contributed by atoms with E-state index in [-0.39, 0.29) is 24.9 Å². The number of ether oxygens (including phenoxy) is 3. The van der Waals surface area contributed by atoms with Crippen LogP contribution in [-0.4, -0.2) is 46.6 Å². The third kappa shape index (κ3) is 3.24. The van der Waals surface area contributed by atoms with Crippen LogP contribution in [0.5, 0.6) is 0 Å². The topological polar surface area (TPSA) is 77.4 Å². The number of hydrogen-bond donors (Lipinski definition) is 2. The van der Waals surface area contributed by atoms with Crippen molar-refractivity contribution in [3.05, 3.63) is 0 Å². The molecule has 2 saturated heterocycles. The van der Waals surface area contributed by atoms with Crippen molar-refractivity contribution in [2.45, 2.75) is 51.0 Å². The van der Waals surface area contributed by atoms with Crippen molar-refractivity contribution in [2.24, 2.45) is 0 Å². The molecule has 2 fully saturated rings. The van der Waals surface area contributed by atoms with E-state index in [1.54, 1.807) is 0 Å². The van der Waals surface area contributed by atoms with Crippen molar-refractivity contribution in [1.29, 1.82) is 0 Å². The van der Waals surface area contributed by atoms with Crippen LogP contribution in [0.25, 0.3) is 0 Å². The molecule has 4 atom stereocenters. The highest BCUT2D eigenvalue weighted by atomic mass is 32.5. The molecule has 0 aromatic rings. The van der Waals surface area contributed by atoms with Gasteiger partial charge in [-0.2, -0.15) is 0 Å². The van der Waals surface area contributed by atoms with Gasteiger partial charge in [-0.15, -0.1) is 0 Å². The smallest absolute Gasteiger partial charge is 0.321 e. The van der Waals surface area contributed by atoms with E-state index >= 15 is 0 Å². The van der Waals surface area contributed by atoms with Crippen molar-refractivity contribution in [2.75, 3.05) is 6.61 Å². The lowest BCUT2D eigenvalue weighted by Crippen LogP contribution is -2.32. The van der Waals surface area contributed by atoms with Crippen molar-refractivity contribution in [1.82, 2.24) is 0 Å². The van der Waals surface area contributed by atoms with E-state index in [0.717, 1.165) is 0 Å². The minimum atomic E-state index is -3.65. The first-order chi connectivity index (χ1) is 7.68. The summed E-state index contributed by atoms with van der Waals surface area (Å²) in [5.41, 5.74) is 0. The van der Waals surface area contributed by atoms with Gasteiger partial charge in [0.25, 0.3) is 0 Å². The highest BCUT2D eigenvalue weighted by Gasteiger charge is 2.53. The number of rotatable bonds is 3. The molecule has 100 valence electrons. The van der Waals surface area contributed by atoms with E-state index in [9.17, 15) is 0 Å². The minimum absolute atomic E-state index is 0.00474. The molecule has 2 aliphatic rings. The molecule has 0 spiro atoms. The summed E-state index contributed by atoms with van der Waals surface area (Å²) in [7, 11) is 0. The zero-order chi connectivity index (χ0) is 12.8. The number of hydrogen-bond acceptors (Lipinski definition) is 5. The Morgan fingerprint density at radius 2 is 1.88 bits per heavy atom. The first kappa shape index (κ1) is 13.8. The molecule has 2 aliphatic heterocycles. The fourth-order valence-corrected chi connectivity index (χ4v) is 2.73. The molecule has 0 radical (unpaired) electrons. The highest BCUT2D eigenvalue weighted by Crippen LogP contribution is 2.41. The van der Waals surface area contributed by atoms with Crippen LogP contribution >= 0.6 is 6.72 Å². The van der Waals surface area contributed by atoms with Crippen molar-refractivity contribution in [3.63, 3.8) is 0 Å². The molecule has 0 aromatic heterocycles. The average molecular weight is 284 g/mol. The molecule has 0 aliphatic carbocycles. The molecule has 6 nitrogen and oxygen atoms in total. The fourth-order valence-electron chi connectivity index (χ4n) is 2.20. The van der Waals surface area contributed by atoms with E-state index in [1.807, 2.05) is 20.8 Å². The van der Waals surface area contributed by atoms with Crippen LogP contribution in [0.4, 0.5) is 0 Å². The summed E-state index contributed by atoms with van der Waals surface area (Å²) in [6.07, 6.45) is -0.931. The Balaban J connectivity index is 1.99. The molecule has 0 saturated carbocycles. The molecule has 2 rings (SSSR count). The van der Waals surface area contributed by atoms with Gasteiger partial charge in [-0.05, 0) is 32.6 Å². The second kappa shape index (κ2) is 4.51. The SMILES string of the molecule is CC1OC(COP(O)(O)=S)C2OC(C)(C)OC12. The zero-order valence-electron chi connectivity index (χ0n) is 9.90. The minimum Gasteiger partial charge on any atom is -0.367 e. The lowest BCUT2D eigenvalue weighted by molar-refractivity contribution is -0.187. The van der Waals surface area contributed by atoms with Gasteiger partial charge in [0.15, 0.2) is 5.79 Å². The predicted octanol–water partition coefficient (Wildman–Crippen LogP) is 0.519. The summed E-state index contributed by atoms with van der Waals surface area (Å²) in [5, 5.41) is 0. The van der Waals surface area contributed by atoms with Gasteiger partial charge in [0.2, 0.25) is 0 Å². The largest absolute Gasteiger partial charge is 0.367 e. The zero-order valence-corrected chi connectivity index (χ0v) is 11.6. The van der Waals surface area contributed by atoms with Gasteiger partial charge in [0, 0.05) is 0 Å². The Bertz CT molecular complexity index is 342. The summed E-state index contributed by atoms with van der Waals surface area (Å²) in [4.78, 5) is 18.0. The molecular weight excluding hydrogens is 267 g/mol. The predicted molar refractivity (Wildman–Crippen MR) is 62.8 cm³/mol. The van der Waals surface area contributed by atoms with Crippen LogP contribution in [-0.2, 0) is 30.5 Å². The van der Waals surface area contributed by atoms with E-state index < -0.39 is 18.6 Å². The van der Waals surface area contributed by atoms with E-state index in [0.29, 0.717) is 0 Å². The molecule has 17 heavy (non-hydrogen) atoms. The van der Waals surface area contributed by atoms with Gasteiger partial charge < -0.3 is 28.5 Å². The van der Waals surface area contributed by atoms with Crippen LogP contribution in [0.15, 0.2) is 0 Å².